The van der Waals surface area contributed by atoms with Crippen LogP contribution >= 0.6 is 0 Å². The van der Waals surface area contributed by atoms with Crippen LogP contribution in [0.2, 0.25) is 0 Å². The van der Waals surface area contributed by atoms with E-state index in [4.69, 9.17) is 31.3 Å². The van der Waals surface area contributed by atoms with Gasteiger partial charge in [0.1, 0.15) is 12.1 Å². The summed E-state index contributed by atoms with van der Waals surface area (Å²) in [5.41, 5.74) is -5.01. The maximum atomic E-state index is 11.0. The molecule has 0 aliphatic heterocycles. The second kappa shape index (κ2) is 6.78. The molecule has 0 amide bonds. The smallest absolute Gasteiger partial charge is 0.341 e. The number of nitriles is 4. The van der Waals surface area contributed by atoms with E-state index in [0.717, 1.165) is 13.8 Å². The van der Waals surface area contributed by atoms with Crippen LogP contribution in [0, 0.1) is 56.2 Å². The van der Waals surface area contributed by atoms with E-state index in [0.29, 0.717) is 0 Å². The summed E-state index contributed by atoms with van der Waals surface area (Å²) in [6.45, 7) is 2.25. The molecule has 0 saturated carbocycles. The van der Waals surface area contributed by atoms with E-state index < -0.39 is 34.9 Å². The topological polar surface area (TPSA) is 194 Å². The molecule has 0 aromatic carbocycles. The molecule has 10 heteroatoms. The Hall–Kier alpha value is -3.50. The molecule has 0 rings (SSSR count). The standard InChI is InChI=1S/C12H10N6O4/c1-7(11(3-13,4-14)9(19)20)17-18-8(2)12(5-15,6-16)10(21)22/h7-8H,1-2H3,(H,19,20)(H,21,22). The lowest BCUT2D eigenvalue weighted by Gasteiger charge is -2.19. The predicted molar refractivity (Wildman–Crippen MR) is 66.4 cm³/mol. The average Bonchev–Trinajstić information content (AvgIpc) is 2.48. The Morgan fingerprint density at radius 3 is 1.18 bits per heavy atom. The SMILES string of the molecule is CC(N=NC(C)C(C#N)(C#N)C(=O)O)C(C#N)(C#N)C(=O)O. The van der Waals surface area contributed by atoms with Crippen molar-refractivity contribution in [2.24, 2.45) is 21.1 Å². The molecule has 0 heterocycles. The van der Waals surface area contributed by atoms with Crippen LogP contribution in [0.25, 0.3) is 0 Å². The molecule has 112 valence electrons. The first kappa shape index (κ1) is 18.5. The maximum absolute atomic E-state index is 11.0. The van der Waals surface area contributed by atoms with Gasteiger partial charge in [0.05, 0.1) is 24.3 Å². The minimum absolute atomic E-state index is 1.12. The average molecular weight is 302 g/mol. The molecule has 0 saturated heterocycles. The molecule has 0 aromatic rings. The van der Waals surface area contributed by atoms with Crippen molar-refractivity contribution >= 4 is 11.9 Å². The van der Waals surface area contributed by atoms with Gasteiger partial charge in [0.15, 0.2) is 0 Å². The van der Waals surface area contributed by atoms with Crippen molar-refractivity contribution < 1.29 is 19.8 Å². The lowest BCUT2D eigenvalue weighted by molar-refractivity contribution is -0.144. The summed E-state index contributed by atoms with van der Waals surface area (Å²) in [5.74, 6) is -3.47. The second-order valence-corrected chi connectivity index (χ2v) is 4.26. The monoisotopic (exact) mass is 302 g/mol. The molecule has 0 aliphatic rings. The Morgan fingerprint density at radius 1 is 0.818 bits per heavy atom. The van der Waals surface area contributed by atoms with Gasteiger partial charge in [0.2, 0.25) is 0 Å². The van der Waals surface area contributed by atoms with Gasteiger partial charge in [-0.15, -0.1) is 0 Å². The van der Waals surface area contributed by atoms with Crippen molar-refractivity contribution in [2.75, 3.05) is 0 Å². The molecule has 10 nitrogen and oxygen atoms in total. The molecule has 2 N–H and O–H groups in total. The predicted octanol–water partition coefficient (Wildman–Crippen LogP) is 0.452. The van der Waals surface area contributed by atoms with E-state index in [1.807, 2.05) is 0 Å². The third-order valence-electron chi connectivity index (χ3n) is 3.05. The van der Waals surface area contributed by atoms with Crippen molar-refractivity contribution in [3.8, 4) is 24.3 Å². The Labute approximate surface area is 125 Å². The Kier molecular flexibility index (Phi) is 5.71. The van der Waals surface area contributed by atoms with Crippen molar-refractivity contribution in [1.29, 1.82) is 21.0 Å². The van der Waals surface area contributed by atoms with Crippen molar-refractivity contribution in [3.05, 3.63) is 0 Å². The van der Waals surface area contributed by atoms with Crippen molar-refractivity contribution in [1.82, 2.24) is 0 Å². The Balaban J connectivity index is 5.65. The van der Waals surface area contributed by atoms with Gasteiger partial charge in [0, 0.05) is 0 Å². The van der Waals surface area contributed by atoms with E-state index in [1.54, 1.807) is 0 Å². The Morgan fingerprint density at radius 2 is 1.05 bits per heavy atom. The normalized spacial score (nSPS) is 13.9. The zero-order chi connectivity index (χ0) is 17.6. The minimum Gasteiger partial charge on any atom is -0.479 e. The first-order valence-corrected chi connectivity index (χ1v) is 5.70. The maximum Gasteiger partial charge on any atom is 0.341 e. The number of azo groups is 1. The zero-order valence-electron chi connectivity index (χ0n) is 11.5. The van der Waals surface area contributed by atoms with Gasteiger partial charge in [-0.3, -0.25) is 0 Å². The molecule has 0 bridgehead atoms. The minimum atomic E-state index is -2.51. The lowest BCUT2D eigenvalue weighted by atomic mass is 9.84. The highest BCUT2D eigenvalue weighted by molar-refractivity contribution is 5.83. The first-order chi connectivity index (χ1) is 10.2. The summed E-state index contributed by atoms with van der Waals surface area (Å²) in [7, 11) is 0. The summed E-state index contributed by atoms with van der Waals surface area (Å²) >= 11 is 0. The van der Waals surface area contributed by atoms with E-state index >= 15 is 0 Å². The second-order valence-electron chi connectivity index (χ2n) is 4.26. The summed E-state index contributed by atoms with van der Waals surface area (Å²) < 4.78 is 0. The molecular weight excluding hydrogens is 292 g/mol. The number of hydrogen-bond acceptors (Lipinski definition) is 8. The molecule has 0 radical (unpaired) electrons. The molecule has 0 fully saturated rings. The Bertz CT molecular complexity index is 586. The molecule has 0 spiro atoms. The summed E-state index contributed by atoms with van der Waals surface area (Å²) in [4.78, 5) is 22.1. The first-order valence-electron chi connectivity index (χ1n) is 5.70. The molecule has 0 aromatic heterocycles. The molecule has 22 heavy (non-hydrogen) atoms. The summed E-state index contributed by atoms with van der Waals surface area (Å²) in [6.07, 6.45) is 0. The third-order valence-corrected chi connectivity index (χ3v) is 3.05. The van der Waals surface area contributed by atoms with Crippen LogP contribution in [0.4, 0.5) is 0 Å². The number of nitrogens with zero attached hydrogens (tertiary/aromatic N) is 6. The van der Waals surface area contributed by atoms with Crippen LogP contribution in [-0.2, 0) is 9.59 Å². The van der Waals surface area contributed by atoms with E-state index in [2.05, 4.69) is 10.2 Å². The van der Waals surface area contributed by atoms with Gasteiger partial charge in [-0.2, -0.15) is 31.3 Å². The van der Waals surface area contributed by atoms with E-state index in [-0.39, 0.29) is 0 Å². The van der Waals surface area contributed by atoms with Crippen LogP contribution in [0.5, 0.6) is 0 Å². The lowest BCUT2D eigenvalue weighted by Crippen LogP contribution is -2.39. The zero-order valence-corrected chi connectivity index (χ0v) is 11.5. The van der Waals surface area contributed by atoms with Gasteiger partial charge in [-0.25, -0.2) is 9.59 Å². The van der Waals surface area contributed by atoms with Crippen LogP contribution in [0.3, 0.4) is 0 Å². The van der Waals surface area contributed by atoms with Crippen LogP contribution in [-0.4, -0.2) is 34.2 Å². The molecule has 2 unspecified atom stereocenters. The van der Waals surface area contributed by atoms with E-state index in [1.165, 1.54) is 24.3 Å². The fourth-order valence-corrected chi connectivity index (χ4v) is 1.35. The number of carboxylic acids is 2. The van der Waals surface area contributed by atoms with Gasteiger partial charge in [-0.05, 0) is 13.8 Å². The third kappa shape index (κ3) is 2.82. The highest BCUT2D eigenvalue weighted by Gasteiger charge is 2.48. The summed E-state index contributed by atoms with van der Waals surface area (Å²) in [5, 5.41) is 60.3. The molecular formula is C12H10N6O4. The van der Waals surface area contributed by atoms with Crippen molar-refractivity contribution in [3.63, 3.8) is 0 Å². The molecule has 0 aliphatic carbocycles. The summed E-state index contributed by atoms with van der Waals surface area (Å²) in [6, 6.07) is 2.39. The number of hydrogen-bond donors (Lipinski definition) is 2. The number of rotatable bonds is 6. The van der Waals surface area contributed by atoms with Crippen LogP contribution < -0.4 is 0 Å². The fraction of sp³-hybridized carbons (Fsp3) is 0.500. The number of carbonyl (C=O) groups is 2. The molecule has 2 atom stereocenters. The van der Waals surface area contributed by atoms with Gasteiger partial charge in [-0.1, -0.05) is 0 Å². The quantitative estimate of drug-likeness (QED) is 0.659. The highest BCUT2D eigenvalue weighted by atomic mass is 16.4. The van der Waals surface area contributed by atoms with Gasteiger partial charge < -0.3 is 10.2 Å². The van der Waals surface area contributed by atoms with Crippen LogP contribution in [0.1, 0.15) is 13.8 Å². The number of aliphatic carboxylic acids is 2. The van der Waals surface area contributed by atoms with Crippen LogP contribution in [0.15, 0.2) is 10.2 Å². The van der Waals surface area contributed by atoms with Gasteiger partial charge in [0.25, 0.3) is 10.8 Å². The largest absolute Gasteiger partial charge is 0.479 e. The van der Waals surface area contributed by atoms with E-state index in [9.17, 15) is 9.59 Å². The van der Waals surface area contributed by atoms with Crippen molar-refractivity contribution in [2.45, 2.75) is 25.9 Å². The number of carboxylic acid groups (broad SMARTS) is 2. The highest BCUT2D eigenvalue weighted by Crippen LogP contribution is 2.27. The fourth-order valence-electron chi connectivity index (χ4n) is 1.35. The van der Waals surface area contributed by atoms with Gasteiger partial charge >= 0.3 is 11.9 Å².